The van der Waals surface area contributed by atoms with Gasteiger partial charge in [0.2, 0.25) is 5.91 Å². The first-order chi connectivity index (χ1) is 12.0. The first-order valence-electron chi connectivity index (χ1n) is 7.58. The van der Waals surface area contributed by atoms with Crippen LogP contribution < -0.4 is 10.6 Å². The average Bonchev–Trinajstić information content (AvgIpc) is 2.91. The van der Waals surface area contributed by atoms with Gasteiger partial charge in [0.1, 0.15) is 5.58 Å². The zero-order valence-corrected chi connectivity index (χ0v) is 15.6. The van der Waals surface area contributed by atoms with Crippen LogP contribution >= 0.6 is 27.7 Å². The Balaban J connectivity index is 1.63. The molecule has 7 heteroatoms. The maximum atomic E-state index is 12.6. The molecule has 4 rings (SSSR count). The summed E-state index contributed by atoms with van der Waals surface area (Å²) in [6.07, 6.45) is 0. The van der Waals surface area contributed by atoms with E-state index in [1.807, 2.05) is 37.3 Å². The molecule has 0 radical (unpaired) electrons. The van der Waals surface area contributed by atoms with Crippen LogP contribution in [0.25, 0.3) is 11.0 Å². The number of fused-ring (bicyclic) bond motifs is 2. The van der Waals surface area contributed by atoms with Gasteiger partial charge in [-0.25, -0.2) is 0 Å². The fourth-order valence-electron chi connectivity index (χ4n) is 2.76. The van der Waals surface area contributed by atoms with Crippen molar-refractivity contribution < 1.29 is 14.0 Å². The van der Waals surface area contributed by atoms with E-state index in [4.69, 9.17) is 4.42 Å². The highest BCUT2D eigenvalue weighted by Gasteiger charge is 2.20. The van der Waals surface area contributed by atoms with Crippen LogP contribution in [0.3, 0.4) is 0 Å². The van der Waals surface area contributed by atoms with Crippen LogP contribution in [0.5, 0.6) is 0 Å². The van der Waals surface area contributed by atoms with Gasteiger partial charge < -0.3 is 15.1 Å². The summed E-state index contributed by atoms with van der Waals surface area (Å²) in [5, 5.41) is 6.54. The highest BCUT2D eigenvalue weighted by atomic mass is 79.9. The number of anilines is 2. The van der Waals surface area contributed by atoms with Gasteiger partial charge in [-0.15, -0.1) is 11.8 Å². The zero-order chi connectivity index (χ0) is 17.6. The number of hydrogen-bond acceptors (Lipinski definition) is 4. The van der Waals surface area contributed by atoms with Gasteiger partial charge in [-0.1, -0.05) is 15.9 Å². The highest BCUT2D eigenvalue weighted by Crippen LogP contribution is 2.34. The molecule has 2 aromatic carbocycles. The average molecular weight is 417 g/mol. The molecule has 0 aliphatic carbocycles. The Morgan fingerprint density at radius 2 is 2.12 bits per heavy atom. The van der Waals surface area contributed by atoms with E-state index in [1.54, 1.807) is 6.07 Å². The summed E-state index contributed by atoms with van der Waals surface area (Å²) in [4.78, 5) is 25.1. The molecule has 0 spiro atoms. The minimum absolute atomic E-state index is 0.0420. The Morgan fingerprint density at radius 1 is 1.28 bits per heavy atom. The van der Waals surface area contributed by atoms with Gasteiger partial charge in [-0.05, 0) is 43.3 Å². The predicted molar refractivity (Wildman–Crippen MR) is 102 cm³/mol. The van der Waals surface area contributed by atoms with Crippen molar-refractivity contribution in [2.45, 2.75) is 11.8 Å². The van der Waals surface area contributed by atoms with Crippen LogP contribution in [0.1, 0.15) is 16.1 Å². The topological polar surface area (TPSA) is 71.3 Å². The zero-order valence-electron chi connectivity index (χ0n) is 13.2. The molecule has 1 aliphatic heterocycles. The number of aryl methyl sites for hydroxylation is 1. The van der Waals surface area contributed by atoms with Crippen LogP contribution in [0.4, 0.5) is 11.4 Å². The number of carbonyl (C=O) groups is 2. The summed E-state index contributed by atoms with van der Waals surface area (Å²) < 4.78 is 6.64. The number of halogens is 1. The maximum Gasteiger partial charge on any atom is 0.291 e. The first kappa shape index (κ1) is 16.2. The summed E-state index contributed by atoms with van der Waals surface area (Å²) in [7, 11) is 0. The Kier molecular flexibility index (Phi) is 4.05. The van der Waals surface area contributed by atoms with Crippen molar-refractivity contribution in [1.29, 1.82) is 0 Å². The molecule has 126 valence electrons. The SMILES string of the molecule is Cc1c(C(=O)Nc2ccc3c(c2)NC(=O)CS3)oc2ccc(Br)cc12. The van der Waals surface area contributed by atoms with Gasteiger partial charge in [-0.2, -0.15) is 0 Å². The van der Waals surface area contributed by atoms with Crippen molar-refractivity contribution in [3.05, 3.63) is 52.2 Å². The van der Waals surface area contributed by atoms with Crippen LogP contribution in [-0.2, 0) is 4.79 Å². The fraction of sp³-hybridized carbons (Fsp3) is 0.111. The number of benzene rings is 2. The standard InChI is InChI=1S/C18H13BrN2O3S/c1-9-12-6-10(19)2-4-14(12)24-17(9)18(23)20-11-3-5-15-13(7-11)21-16(22)8-25-15/h2-7H,8H2,1H3,(H,20,23)(H,21,22). The number of carbonyl (C=O) groups excluding carboxylic acids is 2. The summed E-state index contributed by atoms with van der Waals surface area (Å²) in [6.45, 7) is 1.86. The third-order valence-electron chi connectivity index (χ3n) is 3.97. The van der Waals surface area contributed by atoms with E-state index in [0.29, 0.717) is 22.7 Å². The van der Waals surface area contributed by atoms with Crippen molar-refractivity contribution in [3.8, 4) is 0 Å². The van der Waals surface area contributed by atoms with Crippen LogP contribution in [0.2, 0.25) is 0 Å². The van der Waals surface area contributed by atoms with E-state index in [-0.39, 0.29) is 17.6 Å². The van der Waals surface area contributed by atoms with Crippen molar-refractivity contribution in [2.24, 2.45) is 0 Å². The lowest BCUT2D eigenvalue weighted by Crippen LogP contribution is -2.19. The number of rotatable bonds is 2. The number of nitrogens with one attached hydrogen (secondary N) is 2. The molecule has 0 bridgehead atoms. The van der Waals surface area contributed by atoms with Crippen LogP contribution in [-0.4, -0.2) is 17.6 Å². The van der Waals surface area contributed by atoms with Crippen LogP contribution in [0, 0.1) is 6.92 Å². The Bertz CT molecular complexity index is 1030. The third-order valence-corrected chi connectivity index (χ3v) is 5.54. The Hall–Kier alpha value is -2.25. The lowest BCUT2D eigenvalue weighted by atomic mass is 10.1. The van der Waals surface area contributed by atoms with E-state index in [2.05, 4.69) is 26.6 Å². The second-order valence-corrected chi connectivity index (χ2v) is 7.63. The molecule has 2 heterocycles. The van der Waals surface area contributed by atoms with Crippen molar-refractivity contribution in [2.75, 3.05) is 16.4 Å². The molecule has 2 amide bonds. The monoisotopic (exact) mass is 416 g/mol. The smallest absolute Gasteiger partial charge is 0.291 e. The second kappa shape index (κ2) is 6.24. The minimum Gasteiger partial charge on any atom is -0.451 e. The Labute approximate surface area is 156 Å². The van der Waals surface area contributed by atoms with E-state index >= 15 is 0 Å². The summed E-state index contributed by atoms with van der Waals surface area (Å²) >= 11 is 4.91. The molecule has 0 saturated carbocycles. The molecule has 3 aromatic rings. The van der Waals surface area contributed by atoms with Crippen LogP contribution in [0.15, 0.2) is 50.2 Å². The van der Waals surface area contributed by atoms with E-state index in [0.717, 1.165) is 20.3 Å². The fourth-order valence-corrected chi connectivity index (χ4v) is 3.91. The summed E-state index contributed by atoms with van der Waals surface area (Å²) in [5.74, 6) is 0.329. The van der Waals surface area contributed by atoms with Gasteiger partial charge in [-0.3, -0.25) is 9.59 Å². The molecule has 5 nitrogen and oxygen atoms in total. The maximum absolute atomic E-state index is 12.6. The summed E-state index contributed by atoms with van der Waals surface area (Å²) in [6, 6.07) is 11.1. The summed E-state index contributed by atoms with van der Waals surface area (Å²) in [5.41, 5.74) is 2.77. The lowest BCUT2D eigenvalue weighted by molar-refractivity contribution is -0.113. The van der Waals surface area contributed by atoms with Crippen molar-refractivity contribution >= 4 is 61.9 Å². The van der Waals surface area contributed by atoms with Crippen molar-refractivity contribution in [3.63, 3.8) is 0 Å². The van der Waals surface area contributed by atoms with Gasteiger partial charge in [0.15, 0.2) is 5.76 Å². The molecule has 1 aliphatic rings. The third kappa shape index (κ3) is 3.05. The molecular formula is C18H13BrN2O3S. The number of amides is 2. The molecular weight excluding hydrogens is 404 g/mol. The largest absolute Gasteiger partial charge is 0.451 e. The molecule has 0 saturated heterocycles. The van der Waals surface area contributed by atoms with E-state index in [1.165, 1.54) is 11.8 Å². The lowest BCUT2D eigenvalue weighted by Gasteiger charge is -2.17. The molecule has 0 fully saturated rings. The second-order valence-electron chi connectivity index (χ2n) is 5.70. The predicted octanol–water partition coefficient (Wildman–Crippen LogP) is 4.80. The number of furan rings is 1. The highest BCUT2D eigenvalue weighted by molar-refractivity contribution is 9.10. The minimum atomic E-state index is -0.320. The molecule has 1 aromatic heterocycles. The van der Waals surface area contributed by atoms with Gasteiger partial charge >= 0.3 is 0 Å². The molecule has 2 N–H and O–H groups in total. The van der Waals surface area contributed by atoms with Gasteiger partial charge in [0, 0.05) is 26.0 Å². The quantitative estimate of drug-likeness (QED) is 0.629. The van der Waals surface area contributed by atoms with Gasteiger partial charge in [0.25, 0.3) is 5.91 Å². The van der Waals surface area contributed by atoms with Gasteiger partial charge in [0.05, 0.1) is 11.4 Å². The Morgan fingerprint density at radius 3 is 2.96 bits per heavy atom. The van der Waals surface area contributed by atoms with Crippen molar-refractivity contribution in [1.82, 2.24) is 0 Å². The number of hydrogen-bond donors (Lipinski definition) is 2. The molecule has 0 unspecified atom stereocenters. The molecule has 25 heavy (non-hydrogen) atoms. The molecule has 0 atom stereocenters. The first-order valence-corrected chi connectivity index (χ1v) is 9.36. The number of thioether (sulfide) groups is 1. The normalized spacial score (nSPS) is 13.4. The van der Waals surface area contributed by atoms with E-state index < -0.39 is 0 Å². The van der Waals surface area contributed by atoms with E-state index in [9.17, 15) is 9.59 Å².